The molecule has 198 valence electrons. The maximum Gasteiger partial charge on any atom is 0.324 e. The quantitative estimate of drug-likeness (QED) is 0.209. The molecule has 10 heteroatoms. The Morgan fingerprint density at radius 2 is 1.80 bits per heavy atom. The van der Waals surface area contributed by atoms with Crippen molar-refractivity contribution < 1.29 is 9.53 Å². The Hall–Kier alpha value is -5.51. The van der Waals surface area contributed by atoms with Crippen LogP contribution >= 0.6 is 0 Å². The van der Waals surface area contributed by atoms with Crippen LogP contribution < -0.4 is 15.4 Å². The predicted molar refractivity (Wildman–Crippen MR) is 154 cm³/mol. The number of aromatic nitrogens is 6. The monoisotopic (exact) mass is 530 g/mol. The van der Waals surface area contributed by atoms with E-state index in [1.54, 1.807) is 59.8 Å². The summed E-state index contributed by atoms with van der Waals surface area (Å²) < 4.78 is 7.72. The molecular weight excluding hydrogens is 504 g/mol. The first kappa shape index (κ1) is 24.8. The molecule has 0 aliphatic rings. The minimum atomic E-state index is -0.383. The van der Waals surface area contributed by atoms with E-state index in [1.165, 1.54) is 0 Å². The number of nitrogens with zero attached hydrogens (tertiary/aromatic N) is 5. The highest BCUT2D eigenvalue weighted by Crippen LogP contribution is 2.27. The van der Waals surface area contributed by atoms with Gasteiger partial charge < -0.3 is 10.1 Å². The van der Waals surface area contributed by atoms with Crippen molar-refractivity contribution in [2.45, 2.75) is 19.8 Å². The van der Waals surface area contributed by atoms with E-state index < -0.39 is 0 Å². The molecular formula is C30H26N8O2. The minimum absolute atomic E-state index is 0.190. The number of ether oxygens (including phenoxy) is 1. The molecule has 0 fully saturated rings. The number of pyridine rings is 2. The topological polar surface area (TPSA) is 123 Å². The van der Waals surface area contributed by atoms with Gasteiger partial charge in [-0.3, -0.25) is 20.4 Å². The number of carbonyl (C=O) groups excluding carboxylic acids is 1. The summed E-state index contributed by atoms with van der Waals surface area (Å²) in [4.78, 5) is 21.7. The minimum Gasteiger partial charge on any atom is -0.457 e. The van der Waals surface area contributed by atoms with Crippen molar-refractivity contribution in [1.29, 1.82) is 0 Å². The molecule has 0 saturated heterocycles. The number of anilines is 2. The summed E-state index contributed by atoms with van der Waals surface area (Å²) >= 11 is 0. The number of amides is 2. The number of carbonyl (C=O) groups is 1. The summed E-state index contributed by atoms with van der Waals surface area (Å²) in [6, 6.07) is 22.0. The molecule has 6 rings (SSSR count). The number of benzene rings is 2. The van der Waals surface area contributed by atoms with Gasteiger partial charge in [0.2, 0.25) is 0 Å². The van der Waals surface area contributed by atoms with Gasteiger partial charge >= 0.3 is 6.03 Å². The predicted octanol–water partition coefficient (Wildman–Crippen LogP) is 6.77. The molecule has 0 aliphatic heterocycles. The van der Waals surface area contributed by atoms with Crippen LogP contribution in [0.2, 0.25) is 0 Å². The third-order valence-corrected chi connectivity index (χ3v) is 6.27. The number of rotatable bonds is 7. The lowest BCUT2D eigenvalue weighted by Gasteiger charge is -2.11. The van der Waals surface area contributed by atoms with Gasteiger partial charge in [-0.2, -0.15) is 10.2 Å². The molecule has 2 aromatic carbocycles. The third-order valence-electron chi connectivity index (χ3n) is 6.27. The molecule has 0 aliphatic carbocycles. The molecule has 4 heterocycles. The Kier molecular flexibility index (Phi) is 6.63. The number of urea groups is 1. The van der Waals surface area contributed by atoms with Crippen LogP contribution in [0.1, 0.15) is 25.5 Å². The summed E-state index contributed by atoms with van der Waals surface area (Å²) in [7, 11) is 0. The lowest BCUT2D eigenvalue weighted by atomic mass is 10.1. The normalized spacial score (nSPS) is 11.1. The van der Waals surface area contributed by atoms with Crippen LogP contribution in [0.15, 0.2) is 97.6 Å². The van der Waals surface area contributed by atoms with Gasteiger partial charge in [-0.1, -0.05) is 19.9 Å². The summed E-state index contributed by atoms with van der Waals surface area (Å²) in [5.74, 6) is 2.02. The molecule has 10 nitrogen and oxygen atoms in total. The average Bonchev–Trinajstić information content (AvgIpc) is 3.65. The summed E-state index contributed by atoms with van der Waals surface area (Å²) in [5, 5.41) is 18.3. The Labute approximate surface area is 230 Å². The van der Waals surface area contributed by atoms with Crippen LogP contribution in [0.4, 0.5) is 16.3 Å². The fourth-order valence-electron chi connectivity index (χ4n) is 4.21. The lowest BCUT2D eigenvalue weighted by molar-refractivity contribution is 0.262. The maximum absolute atomic E-state index is 13.0. The van der Waals surface area contributed by atoms with E-state index in [1.807, 2.05) is 42.5 Å². The smallest absolute Gasteiger partial charge is 0.324 e. The second-order valence-corrected chi connectivity index (χ2v) is 9.47. The van der Waals surface area contributed by atoms with Gasteiger partial charge in [-0.05, 0) is 60.5 Å². The molecule has 0 spiro atoms. The van der Waals surface area contributed by atoms with Crippen molar-refractivity contribution in [3.8, 4) is 28.4 Å². The first-order chi connectivity index (χ1) is 19.5. The molecule has 0 radical (unpaired) electrons. The van der Waals surface area contributed by atoms with Crippen molar-refractivity contribution in [3.63, 3.8) is 0 Å². The fraction of sp³-hybridized carbons (Fsp3) is 0.100. The zero-order valence-corrected chi connectivity index (χ0v) is 21.9. The number of hydrogen-bond donors (Lipinski definition) is 3. The van der Waals surface area contributed by atoms with E-state index in [9.17, 15) is 4.79 Å². The van der Waals surface area contributed by atoms with Crippen molar-refractivity contribution in [3.05, 3.63) is 103 Å². The molecule has 4 aromatic heterocycles. The second-order valence-electron chi connectivity index (χ2n) is 9.47. The summed E-state index contributed by atoms with van der Waals surface area (Å²) in [6.07, 6.45) is 6.92. The van der Waals surface area contributed by atoms with Crippen molar-refractivity contribution in [2.24, 2.45) is 0 Å². The van der Waals surface area contributed by atoms with E-state index in [2.05, 4.69) is 44.6 Å². The van der Waals surface area contributed by atoms with Gasteiger partial charge in [0.1, 0.15) is 17.3 Å². The van der Waals surface area contributed by atoms with Gasteiger partial charge in [-0.25, -0.2) is 9.48 Å². The van der Waals surface area contributed by atoms with E-state index in [-0.39, 0.29) is 11.9 Å². The van der Waals surface area contributed by atoms with Crippen LogP contribution in [0, 0.1) is 0 Å². The van der Waals surface area contributed by atoms with Crippen LogP contribution in [-0.4, -0.2) is 36.0 Å². The Morgan fingerprint density at radius 3 is 2.60 bits per heavy atom. The molecule has 3 N–H and O–H groups in total. The zero-order valence-electron chi connectivity index (χ0n) is 21.9. The number of nitrogens with one attached hydrogen (secondary N) is 3. The van der Waals surface area contributed by atoms with E-state index >= 15 is 0 Å². The Bertz CT molecular complexity index is 1780. The van der Waals surface area contributed by atoms with Crippen LogP contribution in [0.5, 0.6) is 11.5 Å². The van der Waals surface area contributed by atoms with Crippen LogP contribution in [0.3, 0.4) is 0 Å². The summed E-state index contributed by atoms with van der Waals surface area (Å²) in [6.45, 7) is 4.13. The largest absolute Gasteiger partial charge is 0.457 e. The molecule has 0 bridgehead atoms. The second kappa shape index (κ2) is 10.7. The van der Waals surface area contributed by atoms with Gasteiger partial charge in [-0.15, -0.1) is 0 Å². The van der Waals surface area contributed by atoms with Gasteiger partial charge in [0.05, 0.1) is 28.8 Å². The van der Waals surface area contributed by atoms with Gasteiger partial charge in [0.15, 0.2) is 0 Å². The van der Waals surface area contributed by atoms with Gasteiger partial charge in [0.25, 0.3) is 0 Å². The van der Waals surface area contributed by atoms with E-state index in [0.29, 0.717) is 23.0 Å². The standard InChI is InChI=1S/C30H26N8O2/c1-19(2)27-16-29(38(37-27)23-7-10-26-20(14-23)4-3-12-31-26)36-30(39)35-22-5-8-24(9-6-22)40-25-11-13-32-28(15-25)21-17-33-34-18-21/h3-19H,1-2H3,(H,33,34)(H2,35,36,39). The maximum atomic E-state index is 13.0. The van der Waals surface area contributed by atoms with Crippen LogP contribution in [0.25, 0.3) is 27.8 Å². The number of H-pyrrole nitrogens is 1. The number of hydrogen-bond acceptors (Lipinski definition) is 6. The molecule has 0 saturated carbocycles. The van der Waals surface area contributed by atoms with Crippen LogP contribution in [-0.2, 0) is 0 Å². The Morgan fingerprint density at radius 1 is 0.925 bits per heavy atom. The molecule has 0 unspecified atom stereocenters. The zero-order chi connectivity index (χ0) is 27.5. The SMILES string of the molecule is CC(C)c1cc(NC(=O)Nc2ccc(Oc3ccnc(-c4cn[nH]c4)c3)cc2)n(-c2ccc3ncccc3c2)n1. The first-order valence-electron chi connectivity index (χ1n) is 12.8. The fourth-order valence-corrected chi connectivity index (χ4v) is 4.21. The lowest BCUT2D eigenvalue weighted by Crippen LogP contribution is -2.21. The average molecular weight is 531 g/mol. The van der Waals surface area contributed by atoms with Crippen molar-refractivity contribution >= 4 is 28.4 Å². The number of fused-ring (bicyclic) bond motifs is 1. The van der Waals surface area contributed by atoms with Gasteiger partial charge in [0, 0.05) is 47.4 Å². The molecule has 2 amide bonds. The molecule has 6 aromatic rings. The molecule has 40 heavy (non-hydrogen) atoms. The highest BCUT2D eigenvalue weighted by atomic mass is 16.5. The highest BCUT2D eigenvalue weighted by Gasteiger charge is 2.15. The van der Waals surface area contributed by atoms with Crippen molar-refractivity contribution in [2.75, 3.05) is 10.6 Å². The Balaban J connectivity index is 1.15. The van der Waals surface area contributed by atoms with Crippen molar-refractivity contribution in [1.82, 2.24) is 29.9 Å². The number of aromatic amines is 1. The summed E-state index contributed by atoms with van der Waals surface area (Å²) in [5.41, 5.74) is 4.83. The van der Waals surface area contributed by atoms with E-state index in [0.717, 1.165) is 33.5 Å². The highest BCUT2D eigenvalue weighted by molar-refractivity contribution is 5.99. The molecule has 0 atom stereocenters. The van der Waals surface area contributed by atoms with E-state index in [4.69, 9.17) is 9.84 Å². The third kappa shape index (κ3) is 5.37. The first-order valence-corrected chi connectivity index (χ1v) is 12.8.